The first-order valence-electron chi connectivity index (χ1n) is 8.20. The maximum Gasteiger partial charge on any atom is 0.343 e. The Morgan fingerprint density at radius 3 is 1.46 bits per heavy atom. The Morgan fingerprint density at radius 1 is 0.615 bits per heavy atom. The van der Waals surface area contributed by atoms with Gasteiger partial charge in [-0.05, 0) is 55.3 Å². The molecule has 0 fully saturated rings. The molecule has 0 saturated carbocycles. The number of hydrogen-bond acceptors (Lipinski definition) is 4. The lowest BCUT2D eigenvalue weighted by Gasteiger charge is -2.09. The van der Waals surface area contributed by atoms with Crippen LogP contribution in [0.3, 0.4) is 0 Å². The van der Waals surface area contributed by atoms with Gasteiger partial charge < -0.3 is 9.47 Å². The molecule has 0 N–H and O–H groups in total. The highest BCUT2D eigenvalue weighted by Crippen LogP contribution is 2.20. The minimum Gasteiger partial charge on any atom is -0.423 e. The lowest BCUT2D eigenvalue weighted by atomic mass is 10.1. The number of ether oxygens (including phenoxy) is 2. The van der Waals surface area contributed by atoms with Crippen LogP contribution in [-0.4, -0.2) is 11.9 Å². The molecule has 3 aromatic rings. The van der Waals surface area contributed by atoms with Crippen molar-refractivity contribution in [3.05, 3.63) is 95.1 Å². The smallest absolute Gasteiger partial charge is 0.343 e. The second-order valence-electron chi connectivity index (χ2n) is 5.89. The Hall–Kier alpha value is -3.40. The fourth-order valence-corrected chi connectivity index (χ4v) is 2.43. The van der Waals surface area contributed by atoms with E-state index in [1.54, 1.807) is 42.5 Å². The van der Waals surface area contributed by atoms with E-state index in [-0.39, 0.29) is 11.1 Å². The van der Waals surface area contributed by atoms with Gasteiger partial charge in [-0.3, -0.25) is 0 Å². The van der Waals surface area contributed by atoms with Gasteiger partial charge in [0.1, 0.15) is 11.5 Å². The molecule has 0 aliphatic rings. The largest absolute Gasteiger partial charge is 0.423 e. The molecule has 130 valence electrons. The van der Waals surface area contributed by atoms with Crippen LogP contribution < -0.4 is 9.47 Å². The van der Waals surface area contributed by atoms with E-state index in [0.717, 1.165) is 11.1 Å². The van der Waals surface area contributed by atoms with Crippen LogP contribution in [-0.2, 0) is 0 Å². The predicted molar refractivity (Wildman–Crippen MR) is 98.7 cm³/mol. The normalized spacial score (nSPS) is 10.2. The molecule has 0 amide bonds. The Kier molecular flexibility index (Phi) is 5.13. The summed E-state index contributed by atoms with van der Waals surface area (Å²) in [7, 11) is 0. The number of esters is 2. The summed E-state index contributed by atoms with van der Waals surface area (Å²) in [4.78, 5) is 24.8. The zero-order valence-electron chi connectivity index (χ0n) is 14.6. The molecule has 3 rings (SSSR count). The fraction of sp³-hybridized carbons (Fsp3) is 0.0909. The molecular formula is C22H18O4. The van der Waals surface area contributed by atoms with E-state index in [4.69, 9.17) is 9.47 Å². The van der Waals surface area contributed by atoms with Gasteiger partial charge in [0, 0.05) is 0 Å². The van der Waals surface area contributed by atoms with E-state index in [9.17, 15) is 9.59 Å². The summed E-state index contributed by atoms with van der Waals surface area (Å²) < 4.78 is 10.8. The van der Waals surface area contributed by atoms with E-state index < -0.39 is 11.9 Å². The van der Waals surface area contributed by atoms with E-state index in [1.165, 1.54) is 6.07 Å². The highest BCUT2D eigenvalue weighted by atomic mass is 16.5. The maximum absolute atomic E-state index is 12.4. The minimum atomic E-state index is -0.523. The van der Waals surface area contributed by atoms with Crippen molar-refractivity contribution in [2.45, 2.75) is 13.8 Å². The molecule has 3 aromatic carbocycles. The lowest BCUT2D eigenvalue weighted by molar-refractivity contribution is 0.0733. The molecule has 0 saturated heterocycles. The van der Waals surface area contributed by atoms with Crippen LogP contribution in [0.5, 0.6) is 11.5 Å². The molecule has 0 bridgehead atoms. The second-order valence-corrected chi connectivity index (χ2v) is 5.89. The van der Waals surface area contributed by atoms with Gasteiger partial charge in [-0.15, -0.1) is 0 Å². The molecule has 0 unspecified atom stereocenters. The minimum absolute atomic E-state index is 0.285. The zero-order chi connectivity index (χ0) is 18.5. The fourth-order valence-electron chi connectivity index (χ4n) is 2.43. The van der Waals surface area contributed by atoms with E-state index >= 15 is 0 Å². The van der Waals surface area contributed by atoms with Crippen molar-refractivity contribution in [3.8, 4) is 11.5 Å². The molecule has 0 spiro atoms. The summed E-state index contributed by atoms with van der Waals surface area (Å²) in [6.07, 6.45) is 0. The molecule has 0 aromatic heterocycles. The van der Waals surface area contributed by atoms with Crippen LogP contribution in [0.4, 0.5) is 0 Å². The van der Waals surface area contributed by atoms with Crippen LogP contribution in [0.1, 0.15) is 31.8 Å². The highest BCUT2D eigenvalue weighted by Gasteiger charge is 2.15. The van der Waals surface area contributed by atoms with Crippen molar-refractivity contribution < 1.29 is 19.1 Å². The maximum atomic E-state index is 12.4. The average Bonchev–Trinajstić information content (AvgIpc) is 2.65. The van der Waals surface area contributed by atoms with Crippen molar-refractivity contribution in [2.24, 2.45) is 0 Å². The molecule has 0 radical (unpaired) electrons. The summed E-state index contributed by atoms with van der Waals surface area (Å²) >= 11 is 0. The molecule has 0 atom stereocenters. The number of carbonyl (C=O) groups excluding carboxylic acids is 2. The standard InChI is InChI=1S/C22H18O4/c1-15-8-3-5-12-19(15)25-21(23)17-10-7-11-18(14-17)22(24)26-20-13-6-4-9-16(20)2/h3-14H,1-2H3. The first kappa shape index (κ1) is 17.4. The van der Waals surface area contributed by atoms with Crippen molar-refractivity contribution in [1.82, 2.24) is 0 Å². The molecular weight excluding hydrogens is 328 g/mol. The van der Waals surface area contributed by atoms with Gasteiger partial charge in [0.05, 0.1) is 11.1 Å². The van der Waals surface area contributed by atoms with Gasteiger partial charge in [-0.25, -0.2) is 9.59 Å². The van der Waals surface area contributed by atoms with Crippen molar-refractivity contribution >= 4 is 11.9 Å². The molecule has 4 nitrogen and oxygen atoms in total. The quantitative estimate of drug-likeness (QED) is 0.506. The highest BCUT2D eigenvalue weighted by molar-refractivity contribution is 5.96. The molecule has 0 aliphatic carbocycles. The van der Waals surface area contributed by atoms with Gasteiger partial charge in [0.2, 0.25) is 0 Å². The van der Waals surface area contributed by atoms with Crippen LogP contribution in [0.2, 0.25) is 0 Å². The summed E-state index contributed by atoms with van der Waals surface area (Å²) in [6.45, 7) is 3.72. The number of para-hydroxylation sites is 2. The van der Waals surface area contributed by atoms with Crippen LogP contribution >= 0.6 is 0 Å². The number of benzene rings is 3. The summed E-state index contributed by atoms with van der Waals surface area (Å²) in [5.41, 5.74) is 2.28. The number of hydrogen-bond donors (Lipinski definition) is 0. The van der Waals surface area contributed by atoms with Crippen molar-refractivity contribution in [3.63, 3.8) is 0 Å². The lowest BCUT2D eigenvalue weighted by Crippen LogP contribution is -2.13. The van der Waals surface area contributed by atoms with E-state index in [0.29, 0.717) is 11.5 Å². The summed E-state index contributed by atoms with van der Waals surface area (Å²) in [5, 5.41) is 0. The van der Waals surface area contributed by atoms with E-state index in [2.05, 4.69) is 0 Å². The summed E-state index contributed by atoms with van der Waals surface area (Å²) in [6, 6.07) is 20.8. The van der Waals surface area contributed by atoms with Gasteiger partial charge >= 0.3 is 11.9 Å². The molecule has 26 heavy (non-hydrogen) atoms. The summed E-state index contributed by atoms with van der Waals surface area (Å²) in [5.74, 6) is -0.0644. The molecule has 0 aliphatic heterocycles. The monoisotopic (exact) mass is 346 g/mol. The van der Waals surface area contributed by atoms with Crippen LogP contribution in [0.15, 0.2) is 72.8 Å². The van der Waals surface area contributed by atoms with Crippen molar-refractivity contribution in [1.29, 1.82) is 0 Å². The average molecular weight is 346 g/mol. The topological polar surface area (TPSA) is 52.6 Å². The van der Waals surface area contributed by atoms with Crippen LogP contribution in [0, 0.1) is 13.8 Å². The third-order valence-electron chi connectivity index (χ3n) is 3.93. The van der Waals surface area contributed by atoms with Crippen LogP contribution in [0.25, 0.3) is 0 Å². The Balaban J connectivity index is 1.77. The third kappa shape index (κ3) is 3.98. The predicted octanol–water partition coefficient (Wildman–Crippen LogP) is 4.74. The third-order valence-corrected chi connectivity index (χ3v) is 3.93. The first-order chi connectivity index (χ1) is 12.5. The first-order valence-corrected chi connectivity index (χ1v) is 8.20. The van der Waals surface area contributed by atoms with Gasteiger partial charge in [-0.2, -0.15) is 0 Å². The SMILES string of the molecule is Cc1ccccc1OC(=O)c1cccc(C(=O)Oc2ccccc2C)c1. The zero-order valence-corrected chi connectivity index (χ0v) is 14.6. The van der Waals surface area contributed by atoms with Gasteiger partial charge in [0.25, 0.3) is 0 Å². The van der Waals surface area contributed by atoms with Gasteiger partial charge in [0.15, 0.2) is 0 Å². The number of aryl methyl sites for hydroxylation is 2. The van der Waals surface area contributed by atoms with E-state index in [1.807, 2.05) is 38.1 Å². The van der Waals surface area contributed by atoms with Crippen molar-refractivity contribution in [2.75, 3.05) is 0 Å². The Morgan fingerprint density at radius 2 is 1.04 bits per heavy atom. The number of rotatable bonds is 4. The molecule has 0 heterocycles. The second kappa shape index (κ2) is 7.66. The Bertz CT molecular complexity index is 885. The number of carbonyl (C=O) groups is 2. The van der Waals surface area contributed by atoms with Gasteiger partial charge in [-0.1, -0.05) is 42.5 Å². The Labute approximate surface area is 152 Å². The molecule has 4 heteroatoms.